The maximum Gasteiger partial charge on any atom is 0.243 e. The van der Waals surface area contributed by atoms with Crippen molar-refractivity contribution in [3.63, 3.8) is 0 Å². The van der Waals surface area contributed by atoms with E-state index < -0.39 is 22.0 Å². The number of rotatable bonds is 7. The number of methoxy groups -OCH3 is 1. The minimum Gasteiger partial charge on any atom is -0.497 e. The van der Waals surface area contributed by atoms with Gasteiger partial charge in [-0.3, -0.25) is 9.59 Å². The predicted octanol–water partition coefficient (Wildman–Crippen LogP) is 2.36. The van der Waals surface area contributed by atoms with Crippen LogP contribution in [0.25, 0.3) is 0 Å². The lowest BCUT2D eigenvalue weighted by molar-refractivity contribution is -0.134. The second-order valence-corrected chi connectivity index (χ2v) is 10.3. The fourth-order valence-corrected chi connectivity index (χ4v) is 5.37. The molecule has 1 fully saturated rings. The van der Waals surface area contributed by atoms with Crippen LogP contribution in [0.2, 0.25) is 0 Å². The van der Waals surface area contributed by atoms with Gasteiger partial charge >= 0.3 is 0 Å². The van der Waals surface area contributed by atoms with Crippen molar-refractivity contribution in [2.45, 2.75) is 44.2 Å². The van der Waals surface area contributed by atoms with Gasteiger partial charge in [0.25, 0.3) is 0 Å². The van der Waals surface area contributed by atoms with Crippen molar-refractivity contribution in [2.24, 2.45) is 0 Å². The average Bonchev–Trinajstić information content (AvgIpc) is 2.82. The van der Waals surface area contributed by atoms with Gasteiger partial charge in [0.15, 0.2) is 0 Å². The predicted molar refractivity (Wildman–Crippen MR) is 125 cm³/mol. The van der Waals surface area contributed by atoms with Crippen LogP contribution < -0.4 is 10.1 Å². The molecule has 0 saturated carbocycles. The van der Waals surface area contributed by atoms with Gasteiger partial charge in [-0.05, 0) is 41.3 Å². The summed E-state index contributed by atoms with van der Waals surface area (Å²) in [6, 6.07) is 13.0. The SMILES string of the molecule is COc1cccc(CNC(=O)C2CN(C(C)=O)CCN2S(=O)(=O)c2ccc(C(C)C)cc2)c1. The topological polar surface area (TPSA) is 96.0 Å². The van der Waals surface area contributed by atoms with Gasteiger partial charge in [-0.15, -0.1) is 0 Å². The highest BCUT2D eigenvalue weighted by atomic mass is 32.2. The van der Waals surface area contributed by atoms with E-state index in [9.17, 15) is 18.0 Å². The fraction of sp³-hybridized carbons (Fsp3) is 0.417. The molecule has 9 heteroatoms. The third kappa shape index (κ3) is 5.72. The summed E-state index contributed by atoms with van der Waals surface area (Å²) in [5.41, 5.74) is 1.85. The van der Waals surface area contributed by atoms with Crippen LogP contribution in [-0.2, 0) is 26.2 Å². The quantitative estimate of drug-likeness (QED) is 0.666. The zero-order valence-electron chi connectivity index (χ0n) is 19.4. The summed E-state index contributed by atoms with van der Waals surface area (Å²) < 4.78 is 33.3. The first-order valence-electron chi connectivity index (χ1n) is 10.9. The average molecular weight is 474 g/mol. The zero-order chi connectivity index (χ0) is 24.2. The summed E-state index contributed by atoms with van der Waals surface area (Å²) >= 11 is 0. The van der Waals surface area contributed by atoms with Crippen LogP contribution >= 0.6 is 0 Å². The number of benzene rings is 2. The molecule has 1 aliphatic rings. The number of carbonyl (C=O) groups excluding carboxylic acids is 2. The van der Waals surface area contributed by atoms with Crippen LogP contribution in [0.3, 0.4) is 0 Å². The number of carbonyl (C=O) groups is 2. The lowest BCUT2D eigenvalue weighted by atomic mass is 10.0. The number of hydrogen-bond acceptors (Lipinski definition) is 5. The summed E-state index contributed by atoms with van der Waals surface area (Å²) in [5, 5.41) is 2.82. The minimum atomic E-state index is -3.93. The monoisotopic (exact) mass is 473 g/mol. The van der Waals surface area contributed by atoms with Crippen LogP contribution in [0.4, 0.5) is 0 Å². The zero-order valence-corrected chi connectivity index (χ0v) is 20.3. The van der Waals surface area contributed by atoms with Gasteiger partial charge in [0, 0.05) is 33.1 Å². The molecule has 8 nitrogen and oxygen atoms in total. The maximum atomic E-state index is 13.4. The normalized spacial score (nSPS) is 17.1. The number of sulfonamides is 1. The van der Waals surface area contributed by atoms with Crippen molar-refractivity contribution in [1.29, 1.82) is 0 Å². The van der Waals surface area contributed by atoms with E-state index >= 15 is 0 Å². The highest BCUT2D eigenvalue weighted by Gasteiger charge is 2.40. The Balaban J connectivity index is 1.83. The summed E-state index contributed by atoms with van der Waals surface area (Å²) in [6.07, 6.45) is 0. The summed E-state index contributed by atoms with van der Waals surface area (Å²) in [4.78, 5) is 26.7. The van der Waals surface area contributed by atoms with Crippen LogP contribution in [0, 0.1) is 0 Å². The minimum absolute atomic E-state index is 0.00256. The van der Waals surface area contributed by atoms with Gasteiger partial charge in [0.2, 0.25) is 21.8 Å². The molecule has 0 radical (unpaired) electrons. The van der Waals surface area contributed by atoms with E-state index in [4.69, 9.17) is 4.74 Å². The van der Waals surface area contributed by atoms with Crippen molar-refractivity contribution in [2.75, 3.05) is 26.7 Å². The van der Waals surface area contributed by atoms with Gasteiger partial charge in [0.1, 0.15) is 11.8 Å². The van der Waals surface area contributed by atoms with Crippen molar-refractivity contribution in [3.8, 4) is 5.75 Å². The molecule has 0 spiro atoms. The number of nitrogens with zero attached hydrogens (tertiary/aromatic N) is 2. The smallest absolute Gasteiger partial charge is 0.243 e. The second kappa shape index (κ2) is 10.4. The molecule has 1 N–H and O–H groups in total. The molecule has 0 aliphatic carbocycles. The van der Waals surface area contributed by atoms with Crippen molar-refractivity contribution < 1.29 is 22.7 Å². The van der Waals surface area contributed by atoms with E-state index in [1.807, 2.05) is 26.0 Å². The first-order chi connectivity index (χ1) is 15.6. The largest absolute Gasteiger partial charge is 0.497 e. The lowest BCUT2D eigenvalue weighted by Crippen LogP contribution is -2.61. The second-order valence-electron chi connectivity index (χ2n) is 8.39. The highest BCUT2D eigenvalue weighted by Crippen LogP contribution is 2.24. The molecule has 178 valence electrons. The van der Waals surface area contributed by atoms with Crippen LogP contribution in [-0.4, -0.2) is 62.2 Å². The van der Waals surface area contributed by atoms with E-state index in [1.54, 1.807) is 43.5 Å². The Morgan fingerprint density at radius 2 is 1.82 bits per heavy atom. The Bertz CT molecular complexity index is 1100. The first-order valence-corrected chi connectivity index (χ1v) is 12.4. The molecule has 2 aromatic carbocycles. The molecule has 0 bridgehead atoms. The van der Waals surface area contributed by atoms with E-state index in [1.165, 1.54) is 16.1 Å². The summed E-state index contributed by atoms with van der Waals surface area (Å²) in [7, 11) is -2.36. The van der Waals surface area contributed by atoms with E-state index in [0.29, 0.717) is 5.75 Å². The Hall–Kier alpha value is -2.91. The highest BCUT2D eigenvalue weighted by molar-refractivity contribution is 7.89. The molecule has 1 unspecified atom stereocenters. The molecule has 1 heterocycles. The molecule has 3 rings (SSSR count). The molecule has 1 saturated heterocycles. The molecular weight excluding hydrogens is 442 g/mol. The number of amides is 2. The van der Waals surface area contributed by atoms with Crippen LogP contribution in [0.5, 0.6) is 5.75 Å². The fourth-order valence-electron chi connectivity index (χ4n) is 3.80. The molecule has 0 aromatic heterocycles. The Morgan fingerprint density at radius 1 is 1.12 bits per heavy atom. The first kappa shape index (κ1) is 24.7. The standard InChI is InChI=1S/C24H31N3O5S/c1-17(2)20-8-10-22(11-9-20)33(30,31)27-13-12-26(18(3)28)16-23(27)24(29)25-15-19-6-5-7-21(14-19)32-4/h5-11,14,17,23H,12-13,15-16H2,1-4H3,(H,25,29). The third-order valence-electron chi connectivity index (χ3n) is 5.83. The van der Waals surface area contributed by atoms with Gasteiger partial charge in [-0.1, -0.05) is 38.1 Å². The van der Waals surface area contributed by atoms with Crippen LogP contribution in [0.1, 0.15) is 37.8 Å². The molecule has 2 aromatic rings. The third-order valence-corrected chi connectivity index (χ3v) is 7.76. The maximum absolute atomic E-state index is 13.4. The van der Waals surface area contributed by atoms with Crippen LogP contribution in [0.15, 0.2) is 53.4 Å². The molecule has 1 atom stereocenters. The van der Waals surface area contributed by atoms with E-state index in [-0.39, 0.29) is 42.9 Å². The van der Waals surface area contributed by atoms with Gasteiger partial charge in [0.05, 0.1) is 12.0 Å². The van der Waals surface area contributed by atoms with Crippen molar-refractivity contribution in [1.82, 2.24) is 14.5 Å². The number of hydrogen-bond donors (Lipinski definition) is 1. The molecule has 1 aliphatic heterocycles. The number of ether oxygens (including phenoxy) is 1. The summed E-state index contributed by atoms with van der Waals surface area (Å²) in [6.45, 7) is 5.98. The number of nitrogens with one attached hydrogen (secondary N) is 1. The van der Waals surface area contributed by atoms with E-state index in [0.717, 1.165) is 11.1 Å². The van der Waals surface area contributed by atoms with Gasteiger partial charge in [-0.25, -0.2) is 8.42 Å². The lowest BCUT2D eigenvalue weighted by Gasteiger charge is -2.39. The van der Waals surface area contributed by atoms with Crippen molar-refractivity contribution in [3.05, 3.63) is 59.7 Å². The summed E-state index contributed by atoms with van der Waals surface area (Å²) in [5.74, 6) is 0.289. The molecular formula is C24H31N3O5S. The Morgan fingerprint density at radius 3 is 2.42 bits per heavy atom. The van der Waals surface area contributed by atoms with Gasteiger partial charge < -0.3 is 15.0 Å². The molecule has 33 heavy (non-hydrogen) atoms. The Kier molecular flexibility index (Phi) is 7.76. The number of piperazine rings is 1. The van der Waals surface area contributed by atoms with Crippen molar-refractivity contribution >= 4 is 21.8 Å². The van der Waals surface area contributed by atoms with E-state index in [2.05, 4.69) is 5.32 Å². The van der Waals surface area contributed by atoms with Gasteiger partial charge in [-0.2, -0.15) is 4.31 Å². The molecule has 2 amide bonds. The Labute approximate surface area is 195 Å².